The van der Waals surface area contributed by atoms with Crippen LogP contribution in [0.1, 0.15) is 36.2 Å². The fourth-order valence-corrected chi connectivity index (χ4v) is 2.88. The number of nitrogens with one attached hydrogen (secondary N) is 1. The van der Waals surface area contributed by atoms with Crippen molar-refractivity contribution in [3.8, 4) is 0 Å². The van der Waals surface area contributed by atoms with Crippen molar-refractivity contribution >= 4 is 5.82 Å². The molecule has 0 amide bonds. The molecular weight excluding hydrogens is 260 g/mol. The number of nitrogens with zero attached hydrogens (tertiary/aromatic N) is 2. The van der Waals surface area contributed by atoms with E-state index in [0.29, 0.717) is 13.0 Å². The normalized spacial score (nSPS) is 17.7. The lowest BCUT2D eigenvalue weighted by Crippen LogP contribution is -2.26. The van der Waals surface area contributed by atoms with Crippen molar-refractivity contribution in [1.82, 2.24) is 9.78 Å². The van der Waals surface area contributed by atoms with Gasteiger partial charge in [-0.2, -0.15) is 5.10 Å². The minimum Gasteiger partial charge on any atom is -0.370 e. The van der Waals surface area contributed by atoms with Gasteiger partial charge in [0.2, 0.25) is 0 Å². The molecule has 1 aliphatic rings. The molecule has 1 N–H and O–H groups in total. The first-order valence-electron chi connectivity index (χ1n) is 6.89. The molecular formula is C15H17F2N3. The van der Waals surface area contributed by atoms with Crippen molar-refractivity contribution in [3.05, 3.63) is 46.7 Å². The van der Waals surface area contributed by atoms with Crippen LogP contribution in [0.25, 0.3) is 0 Å². The third-order valence-electron chi connectivity index (χ3n) is 3.92. The number of hydrogen-bond donors (Lipinski definition) is 1. The molecule has 1 unspecified atom stereocenters. The van der Waals surface area contributed by atoms with Crippen LogP contribution in [0.5, 0.6) is 0 Å². The Morgan fingerprint density at radius 3 is 2.70 bits per heavy atom. The maximum atomic E-state index is 14.0. The fourth-order valence-electron chi connectivity index (χ4n) is 2.88. The van der Waals surface area contributed by atoms with Crippen molar-refractivity contribution in [2.24, 2.45) is 0 Å². The molecule has 0 spiro atoms. The van der Waals surface area contributed by atoms with Gasteiger partial charge in [-0.25, -0.2) is 13.5 Å². The average Bonchev–Trinajstić information content (AvgIpc) is 2.76. The highest BCUT2D eigenvalue weighted by Crippen LogP contribution is 2.34. The third-order valence-corrected chi connectivity index (χ3v) is 3.92. The molecule has 1 aromatic heterocycles. The van der Waals surface area contributed by atoms with E-state index in [2.05, 4.69) is 10.4 Å². The lowest BCUT2D eigenvalue weighted by molar-refractivity contribution is 0.431. The molecule has 106 valence electrons. The van der Waals surface area contributed by atoms with Gasteiger partial charge >= 0.3 is 0 Å². The first-order chi connectivity index (χ1) is 9.63. The van der Waals surface area contributed by atoms with Gasteiger partial charge in [0.1, 0.15) is 17.5 Å². The summed E-state index contributed by atoms with van der Waals surface area (Å²) in [5, 5.41) is 7.81. The molecule has 1 aliphatic heterocycles. The van der Waals surface area contributed by atoms with Crippen LogP contribution in [0, 0.1) is 18.6 Å². The van der Waals surface area contributed by atoms with Gasteiger partial charge in [-0.05, 0) is 31.9 Å². The molecule has 0 aliphatic carbocycles. The van der Waals surface area contributed by atoms with Gasteiger partial charge in [0.05, 0.1) is 11.7 Å². The Morgan fingerprint density at radius 2 is 2.05 bits per heavy atom. The highest BCUT2D eigenvalue weighted by atomic mass is 19.1. The van der Waals surface area contributed by atoms with Crippen LogP contribution < -0.4 is 5.32 Å². The lowest BCUT2D eigenvalue weighted by Gasteiger charge is -2.27. The van der Waals surface area contributed by atoms with Crippen LogP contribution in [0.4, 0.5) is 14.6 Å². The number of halogens is 2. The number of aromatic nitrogens is 2. The molecule has 1 atom stereocenters. The minimum absolute atomic E-state index is 0.111. The summed E-state index contributed by atoms with van der Waals surface area (Å²) >= 11 is 0. The van der Waals surface area contributed by atoms with E-state index in [0.717, 1.165) is 23.5 Å². The number of rotatable bonds is 2. The van der Waals surface area contributed by atoms with Crippen LogP contribution in [0.3, 0.4) is 0 Å². The van der Waals surface area contributed by atoms with Crippen LogP contribution in [-0.4, -0.2) is 16.3 Å². The summed E-state index contributed by atoms with van der Waals surface area (Å²) in [6.07, 6.45) is 1.43. The molecule has 3 rings (SSSR count). The van der Waals surface area contributed by atoms with Gasteiger partial charge in [0.15, 0.2) is 0 Å². The maximum absolute atomic E-state index is 14.0. The zero-order valence-corrected chi connectivity index (χ0v) is 11.6. The average molecular weight is 277 g/mol. The van der Waals surface area contributed by atoms with Gasteiger partial charge in [-0.15, -0.1) is 0 Å². The maximum Gasteiger partial charge on any atom is 0.131 e. The van der Waals surface area contributed by atoms with Crippen molar-refractivity contribution in [2.45, 2.75) is 32.7 Å². The summed E-state index contributed by atoms with van der Waals surface area (Å²) in [6, 6.07) is 3.61. The van der Waals surface area contributed by atoms with Gasteiger partial charge in [-0.3, -0.25) is 0 Å². The first kappa shape index (κ1) is 13.1. The van der Waals surface area contributed by atoms with E-state index in [1.165, 1.54) is 18.2 Å². The second-order valence-corrected chi connectivity index (χ2v) is 5.09. The van der Waals surface area contributed by atoms with Crippen LogP contribution in [0.2, 0.25) is 0 Å². The van der Waals surface area contributed by atoms with E-state index in [1.54, 1.807) is 4.68 Å². The summed E-state index contributed by atoms with van der Waals surface area (Å²) in [4.78, 5) is 0. The Morgan fingerprint density at radius 1 is 1.35 bits per heavy atom. The Hall–Kier alpha value is -1.91. The SMILES string of the molecule is CCc1nn2c(c1C)NCCC2c1c(F)cccc1F. The number of aryl methyl sites for hydroxylation is 1. The van der Waals surface area contributed by atoms with Crippen molar-refractivity contribution in [1.29, 1.82) is 0 Å². The predicted molar refractivity (Wildman–Crippen MR) is 73.9 cm³/mol. The van der Waals surface area contributed by atoms with E-state index in [9.17, 15) is 8.78 Å². The van der Waals surface area contributed by atoms with Crippen LogP contribution in [-0.2, 0) is 6.42 Å². The quantitative estimate of drug-likeness (QED) is 0.911. The van der Waals surface area contributed by atoms with E-state index < -0.39 is 11.6 Å². The molecule has 3 nitrogen and oxygen atoms in total. The smallest absolute Gasteiger partial charge is 0.131 e. The van der Waals surface area contributed by atoms with E-state index >= 15 is 0 Å². The highest BCUT2D eigenvalue weighted by Gasteiger charge is 2.29. The summed E-state index contributed by atoms with van der Waals surface area (Å²) in [7, 11) is 0. The second-order valence-electron chi connectivity index (χ2n) is 5.09. The van der Waals surface area contributed by atoms with Gasteiger partial charge in [0.25, 0.3) is 0 Å². The Kier molecular flexibility index (Phi) is 3.20. The molecule has 0 bridgehead atoms. The van der Waals surface area contributed by atoms with Crippen molar-refractivity contribution < 1.29 is 8.78 Å². The topological polar surface area (TPSA) is 29.9 Å². The summed E-state index contributed by atoms with van der Waals surface area (Å²) < 4.78 is 29.8. The monoisotopic (exact) mass is 277 g/mol. The molecule has 0 radical (unpaired) electrons. The molecule has 2 aromatic rings. The zero-order valence-electron chi connectivity index (χ0n) is 11.6. The Balaban J connectivity index is 2.15. The molecule has 0 fully saturated rings. The number of fused-ring (bicyclic) bond motifs is 1. The Labute approximate surface area is 116 Å². The van der Waals surface area contributed by atoms with Gasteiger partial charge in [-0.1, -0.05) is 13.0 Å². The van der Waals surface area contributed by atoms with Crippen molar-refractivity contribution in [2.75, 3.05) is 11.9 Å². The minimum atomic E-state index is -0.506. The largest absolute Gasteiger partial charge is 0.370 e. The number of hydrogen-bond acceptors (Lipinski definition) is 2. The lowest BCUT2D eigenvalue weighted by atomic mass is 10.0. The molecule has 1 aromatic carbocycles. The zero-order chi connectivity index (χ0) is 14.3. The van der Waals surface area contributed by atoms with E-state index in [1.807, 2.05) is 13.8 Å². The summed E-state index contributed by atoms with van der Waals surface area (Å²) in [5.41, 5.74) is 2.14. The standard InChI is InChI=1S/C15H17F2N3/c1-3-12-9(2)15-18-8-7-13(20(15)19-12)14-10(16)5-4-6-11(14)17/h4-6,13,18H,3,7-8H2,1-2H3. The van der Waals surface area contributed by atoms with Gasteiger partial charge < -0.3 is 5.32 Å². The first-order valence-corrected chi connectivity index (χ1v) is 6.89. The number of anilines is 1. The fraction of sp³-hybridized carbons (Fsp3) is 0.400. The van der Waals surface area contributed by atoms with E-state index in [4.69, 9.17) is 0 Å². The summed E-state index contributed by atoms with van der Waals surface area (Å²) in [6.45, 7) is 4.71. The van der Waals surface area contributed by atoms with Crippen LogP contribution >= 0.6 is 0 Å². The summed E-state index contributed by atoms with van der Waals surface area (Å²) in [5.74, 6) is -0.135. The Bertz CT molecular complexity index is 629. The highest BCUT2D eigenvalue weighted by molar-refractivity contribution is 5.49. The van der Waals surface area contributed by atoms with Crippen LogP contribution in [0.15, 0.2) is 18.2 Å². The molecule has 0 saturated heterocycles. The second kappa shape index (κ2) is 4.89. The molecule has 2 heterocycles. The molecule has 20 heavy (non-hydrogen) atoms. The van der Waals surface area contributed by atoms with Crippen molar-refractivity contribution in [3.63, 3.8) is 0 Å². The van der Waals surface area contributed by atoms with E-state index in [-0.39, 0.29) is 11.6 Å². The van der Waals surface area contributed by atoms with Gasteiger partial charge in [0, 0.05) is 17.7 Å². The molecule has 0 saturated carbocycles. The third kappa shape index (κ3) is 1.88. The number of benzene rings is 1. The predicted octanol–water partition coefficient (Wildman–Crippen LogP) is 3.44. The molecule has 5 heteroatoms.